The molecule has 2 rings (SSSR count). The van der Waals surface area contributed by atoms with Gasteiger partial charge in [-0.05, 0) is 36.8 Å². The van der Waals surface area contributed by atoms with Crippen LogP contribution in [0.3, 0.4) is 0 Å². The predicted octanol–water partition coefficient (Wildman–Crippen LogP) is 3.65. The van der Waals surface area contributed by atoms with Crippen molar-refractivity contribution in [2.24, 2.45) is 0 Å². The Bertz CT molecular complexity index is 957. The van der Waals surface area contributed by atoms with Gasteiger partial charge in [-0.2, -0.15) is 0 Å². The fraction of sp³-hybridized carbons (Fsp3) is 0.188. The number of rotatable bonds is 6. The Labute approximate surface area is 159 Å². The lowest BCUT2D eigenvalue weighted by molar-refractivity contribution is -0.385. The molecule has 2 aromatic rings. The number of nitro benzene ring substituents is 1. The first-order valence-corrected chi connectivity index (χ1v) is 10.0. The minimum absolute atomic E-state index is 0.0329. The Kier molecular flexibility index (Phi) is 6.27. The van der Waals surface area contributed by atoms with Crippen LogP contribution in [0, 0.1) is 17.0 Å². The van der Waals surface area contributed by atoms with Crippen LogP contribution in [0.15, 0.2) is 51.1 Å². The fourth-order valence-corrected chi connectivity index (χ4v) is 4.77. The molecule has 0 atom stereocenters. The number of sulfone groups is 1. The number of ether oxygens (including phenoxy) is 1. The normalized spacial score (nSPS) is 11.2. The van der Waals surface area contributed by atoms with E-state index >= 15 is 0 Å². The standard InChI is InChI=1S/C16H14ClNO6S2/c1-10-14(25-9-16(19)24-2)7-12(18(20)21)8-15(10)26(22,23)13-5-3-11(17)4-6-13/h3-8H,9H2,1-2H3. The lowest BCUT2D eigenvalue weighted by Gasteiger charge is -2.12. The summed E-state index contributed by atoms with van der Waals surface area (Å²) in [7, 11) is -2.78. The molecular weight excluding hydrogens is 402 g/mol. The van der Waals surface area contributed by atoms with E-state index < -0.39 is 20.7 Å². The minimum Gasteiger partial charge on any atom is -0.468 e. The molecule has 0 radical (unpaired) electrons. The van der Waals surface area contributed by atoms with E-state index in [4.69, 9.17) is 11.6 Å². The van der Waals surface area contributed by atoms with E-state index in [2.05, 4.69) is 4.74 Å². The molecule has 0 N–H and O–H groups in total. The molecule has 0 unspecified atom stereocenters. The van der Waals surface area contributed by atoms with Crippen LogP contribution in [0.4, 0.5) is 5.69 Å². The molecule has 26 heavy (non-hydrogen) atoms. The zero-order valence-electron chi connectivity index (χ0n) is 13.8. The monoisotopic (exact) mass is 415 g/mol. The summed E-state index contributed by atoms with van der Waals surface area (Å²) >= 11 is 6.76. The van der Waals surface area contributed by atoms with Crippen LogP contribution < -0.4 is 0 Å². The van der Waals surface area contributed by atoms with Crippen LogP contribution in [0.25, 0.3) is 0 Å². The maximum Gasteiger partial charge on any atom is 0.315 e. The summed E-state index contributed by atoms with van der Waals surface area (Å²) in [5.74, 6) is -0.623. The van der Waals surface area contributed by atoms with E-state index in [9.17, 15) is 23.3 Å². The van der Waals surface area contributed by atoms with Gasteiger partial charge in [0.1, 0.15) is 0 Å². The number of benzene rings is 2. The number of thioether (sulfide) groups is 1. The average Bonchev–Trinajstić information content (AvgIpc) is 2.60. The average molecular weight is 416 g/mol. The lowest BCUT2D eigenvalue weighted by atomic mass is 10.2. The minimum atomic E-state index is -4.00. The van der Waals surface area contributed by atoms with E-state index in [1.807, 2.05) is 0 Å². The van der Waals surface area contributed by atoms with E-state index in [1.54, 1.807) is 0 Å². The number of hydrogen-bond donors (Lipinski definition) is 0. The second kappa shape index (κ2) is 8.07. The molecule has 0 saturated carbocycles. The van der Waals surface area contributed by atoms with Crippen molar-refractivity contribution >= 4 is 44.9 Å². The Balaban J connectivity index is 2.59. The summed E-state index contributed by atoms with van der Waals surface area (Å²) in [6.45, 7) is 1.53. The van der Waals surface area contributed by atoms with Gasteiger partial charge in [0, 0.05) is 22.1 Å². The smallest absolute Gasteiger partial charge is 0.315 e. The molecule has 0 aliphatic rings. The summed E-state index contributed by atoms with van der Waals surface area (Å²) in [6.07, 6.45) is 0. The second-order valence-electron chi connectivity index (χ2n) is 5.15. The number of hydrogen-bond acceptors (Lipinski definition) is 7. The molecule has 0 fully saturated rings. The quantitative estimate of drug-likeness (QED) is 0.307. The van der Waals surface area contributed by atoms with Crippen molar-refractivity contribution in [3.05, 3.63) is 57.1 Å². The van der Waals surface area contributed by atoms with Crippen molar-refractivity contribution in [1.82, 2.24) is 0 Å². The molecule has 7 nitrogen and oxygen atoms in total. The Morgan fingerprint density at radius 3 is 2.42 bits per heavy atom. The summed E-state index contributed by atoms with van der Waals surface area (Å²) in [5.41, 5.74) is -0.0602. The van der Waals surface area contributed by atoms with Crippen molar-refractivity contribution in [2.75, 3.05) is 12.9 Å². The number of halogens is 1. The van der Waals surface area contributed by atoms with Gasteiger partial charge in [-0.1, -0.05) is 11.6 Å². The first-order chi connectivity index (χ1) is 12.2. The van der Waals surface area contributed by atoms with Crippen LogP contribution in [-0.2, 0) is 19.4 Å². The van der Waals surface area contributed by atoms with Crippen LogP contribution in [0.5, 0.6) is 0 Å². The third kappa shape index (κ3) is 4.35. The lowest BCUT2D eigenvalue weighted by Crippen LogP contribution is -2.07. The van der Waals surface area contributed by atoms with Gasteiger partial charge in [-0.15, -0.1) is 11.8 Å². The summed E-state index contributed by atoms with van der Waals surface area (Å²) in [6, 6.07) is 7.77. The van der Waals surface area contributed by atoms with Gasteiger partial charge >= 0.3 is 5.97 Å². The van der Waals surface area contributed by atoms with Gasteiger partial charge < -0.3 is 4.74 Å². The molecule has 138 valence electrons. The number of non-ortho nitro benzene ring substituents is 1. The first-order valence-electron chi connectivity index (χ1n) is 7.16. The maximum absolute atomic E-state index is 12.9. The predicted molar refractivity (Wildman–Crippen MR) is 97.5 cm³/mol. The van der Waals surface area contributed by atoms with Crippen molar-refractivity contribution in [3.8, 4) is 0 Å². The van der Waals surface area contributed by atoms with E-state index in [0.717, 1.165) is 17.8 Å². The number of nitro groups is 1. The van der Waals surface area contributed by atoms with Crippen LogP contribution in [-0.4, -0.2) is 32.2 Å². The molecule has 2 aromatic carbocycles. The molecule has 0 aliphatic carbocycles. The molecular formula is C16H14ClNO6S2. The van der Waals surface area contributed by atoms with E-state index in [-0.39, 0.29) is 21.2 Å². The third-order valence-corrected chi connectivity index (χ3v) is 6.76. The van der Waals surface area contributed by atoms with Gasteiger partial charge in [0.05, 0.1) is 27.6 Å². The summed E-state index contributed by atoms with van der Waals surface area (Å²) in [4.78, 5) is 22.0. The van der Waals surface area contributed by atoms with Crippen LogP contribution >= 0.6 is 23.4 Å². The van der Waals surface area contributed by atoms with Crippen molar-refractivity contribution in [2.45, 2.75) is 21.6 Å². The molecule has 0 saturated heterocycles. The molecule has 0 aromatic heterocycles. The zero-order chi connectivity index (χ0) is 19.5. The third-order valence-electron chi connectivity index (χ3n) is 3.49. The van der Waals surface area contributed by atoms with Gasteiger partial charge in [-0.3, -0.25) is 14.9 Å². The highest BCUT2D eigenvalue weighted by atomic mass is 35.5. The van der Waals surface area contributed by atoms with E-state index in [0.29, 0.717) is 15.5 Å². The van der Waals surface area contributed by atoms with Gasteiger partial charge in [0.15, 0.2) is 0 Å². The highest BCUT2D eigenvalue weighted by molar-refractivity contribution is 8.00. The topological polar surface area (TPSA) is 104 Å². The van der Waals surface area contributed by atoms with Gasteiger partial charge in [0.2, 0.25) is 9.84 Å². The Hall–Kier alpha value is -2.10. The van der Waals surface area contributed by atoms with E-state index in [1.165, 1.54) is 44.4 Å². The number of nitrogens with zero attached hydrogens (tertiary/aromatic N) is 1. The van der Waals surface area contributed by atoms with Crippen molar-refractivity contribution in [1.29, 1.82) is 0 Å². The van der Waals surface area contributed by atoms with Crippen molar-refractivity contribution in [3.63, 3.8) is 0 Å². The number of carbonyl (C=O) groups excluding carboxylic acids is 1. The summed E-state index contributed by atoms with van der Waals surface area (Å²) < 4.78 is 30.4. The fourth-order valence-electron chi connectivity index (χ4n) is 2.12. The number of carbonyl (C=O) groups is 1. The highest BCUT2D eigenvalue weighted by Crippen LogP contribution is 2.35. The first kappa shape index (κ1) is 20.2. The summed E-state index contributed by atoms with van der Waals surface area (Å²) in [5, 5.41) is 11.6. The SMILES string of the molecule is COC(=O)CSc1cc([N+](=O)[O-])cc(S(=O)(=O)c2ccc(Cl)cc2)c1C. The molecule has 0 bridgehead atoms. The zero-order valence-corrected chi connectivity index (χ0v) is 16.2. The highest BCUT2D eigenvalue weighted by Gasteiger charge is 2.25. The van der Waals surface area contributed by atoms with Gasteiger partial charge in [0.25, 0.3) is 5.69 Å². The number of esters is 1. The van der Waals surface area contributed by atoms with Crippen LogP contribution in [0.1, 0.15) is 5.56 Å². The Morgan fingerprint density at radius 2 is 1.88 bits per heavy atom. The largest absolute Gasteiger partial charge is 0.468 e. The van der Waals surface area contributed by atoms with Crippen LogP contribution in [0.2, 0.25) is 5.02 Å². The molecule has 0 aliphatic heterocycles. The molecule has 0 amide bonds. The van der Waals surface area contributed by atoms with Crippen molar-refractivity contribution < 1.29 is 22.9 Å². The molecule has 0 spiro atoms. The maximum atomic E-state index is 12.9. The molecule has 10 heteroatoms. The molecule has 0 heterocycles. The number of methoxy groups -OCH3 is 1. The van der Waals surface area contributed by atoms with Gasteiger partial charge in [-0.25, -0.2) is 8.42 Å². The Morgan fingerprint density at radius 1 is 1.27 bits per heavy atom. The second-order valence-corrected chi connectivity index (χ2v) is 8.52.